The fraction of sp³-hybridized carbons (Fsp3) is 0. The molecule has 1 N–H and O–H groups in total. The molecular weight excluding hydrogens is 384 g/mol. The highest BCUT2D eigenvalue weighted by molar-refractivity contribution is 7.21. The summed E-state index contributed by atoms with van der Waals surface area (Å²) in [6.07, 6.45) is 1.62. The molecule has 0 spiro atoms. The van der Waals surface area contributed by atoms with E-state index >= 15 is 0 Å². The largest absolute Gasteiger partial charge is 0.506 e. The van der Waals surface area contributed by atoms with Crippen LogP contribution in [0, 0.1) is 0 Å². The number of aliphatic imine (C=N–C) groups is 1. The molecule has 0 bridgehead atoms. The van der Waals surface area contributed by atoms with Gasteiger partial charge in [0.1, 0.15) is 5.75 Å². The Bertz CT molecular complexity index is 1450. The van der Waals surface area contributed by atoms with Crippen LogP contribution >= 0.6 is 11.3 Å². The highest BCUT2D eigenvalue weighted by Crippen LogP contribution is 2.36. The molecule has 2 heterocycles. The molecule has 0 amide bonds. The summed E-state index contributed by atoms with van der Waals surface area (Å²) in [6.45, 7) is 0. The molecule has 0 aliphatic heterocycles. The molecule has 3 aromatic carbocycles. The van der Waals surface area contributed by atoms with E-state index in [1.54, 1.807) is 30.5 Å². The molecule has 5 aromatic rings. The maximum Gasteiger partial charge on any atom is 0.347 e. The van der Waals surface area contributed by atoms with E-state index in [-0.39, 0.29) is 11.6 Å². The summed E-state index contributed by atoms with van der Waals surface area (Å²) in [4.78, 5) is 22.0. The molecule has 0 unspecified atom stereocenters. The summed E-state index contributed by atoms with van der Waals surface area (Å²) in [5.74, 6) is 0.421. The zero-order valence-corrected chi connectivity index (χ0v) is 15.9. The van der Waals surface area contributed by atoms with Gasteiger partial charge in [0, 0.05) is 16.3 Å². The third-order valence-electron chi connectivity index (χ3n) is 4.59. The quantitative estimate of drug-likeness (QED) is 0.406. The van der Waals surface area contributed by atoms with E-state index in [1.165, 1.54) is 11.3 Å². The highest BCUT2D eigenvalue weighted by atomic mass is 32.1. The van der Waals surface area contributed by atoms with Gasteiger partial charge in [-0.15, -0.1) is 11.3 Å². The van der Waals surface area contributed by atoms with Gasteiger partial charge >= 0.3 is 5.63 Å². The van der Waals surface area contributed by atoms with Crippen LogP contribution in [0.15, 0.2) is 87.0 Å². The lowest BCUT2D eigenvalue weighted by atomic mass is 10.1. The van der Waals surface area contributed by atoms with E-state index in [2.05, 4.69) is 9.98 Å². The van der Waals surface area contributed by atoms with Crippen LogP contribution in [0.4, 0.5) is 5.69 Å². The van der Waals surface area contributed by atoms with Gasteiger partial charge in [-0.05, 0) is 36.4 Å². The van der Waals surface area contributed by atoms with Gasteiger partial charge in [0.2, 0.25) is 5.89 Å². The number of aromatic nitrogens is 1. The zero-order valence-electron chi connectivity index (χ0n) is 15.1. The van der Waals surface area contributed by atoms with Crippen molar-refractivity contribution in [1.82, 2.24) is 4.98 Å². The molecule has 2 aromatic heterocycles. The lowest BCUT2D eigenvalue weighted by Crippen LogP contribution is -2.02. The molecule has 0 saturated heterocycles. The smallest absolute Gasteiger partial charge is 0.347 e. The summed E-state index contributed by atoms with van der Waals surface area (Å²) in [6, 6.07) is 22.0. The highest BCUT2D eigenvalue weighted by Gasteiger charge is 2.13. The number of hydrogen-bond donors (Lipinski definition) is 1. The van der Waals surface area contributed by atoms with Crippen molar-refractivity contribution < 1.29 is 9.52 Å². The van der Waals surface area contributed by atoms with Crippen molar-refractivity contribution in [3.63, 3.8) is 0 Å². The van der Waals surface area contributed by atoms with E-state index in [4.69, 9.17) is 4.42 Å². The maximum atomic E-state index is 12.3. The van der Waals surface area contributed by atoms with Gasteiger partial charge in [0.15, 0.2) is 0 Å². The lowest BCUT2D eigenvalue weighted by Gasteiger charge is -2.04. The Morgan fingerprint density at radius 2 is 1.66 bits per heavy atom. The van der Waals surface area contributed by atoms with Crippen molar-refractivity contribution in [2.75, 3.05) is 0 Å². The molecular formula is C23H14N2O3S. The predicted molar refractivity (Wildman–Crippen MR) is 116 cm³/mol. The van der Waals surface area contributed by atoms with Crippen LogP contribution in [-0.2, 0) is 0 Å². The first-order valence-electron chi connectivity index (χ1n) is 8.94. The van der Waals surface area contributed by atoms with Crippen LogP contribution in [-0.4, -0.2) is 16.3 Å². The average Bonchev–Trinajstić information content (AvgIpc) is 3.08. The Morgan fingerprint density at radius 3 is 2.52 bits per heavy atom. The van der Waals surface area contributed by atoms with Crippen LogP contribution < -0.4 is 5.63 Å². The minimum Gasteiger partial charge on any atom is -0.506 e. The maximum absolute atomic E-state index is 12.3. The molecule has 0 fully saturated rings. The first-order chi connectivity index (χ1) is 14.2. The third-order valence-corrected chi connectivity index (χ3v) is 5.68. The van der Waals surface area contributed by atoms with Crippen molar-refractivity contribution in [2.24, 2.45) is 4.99 Å². The Morgan fingerprint density at radius 1 is 0.931 bits per heavy atom. The molecule has 140 valence electrons. The lowest BCUT2D eigenvalue weighted by molar-refractivity contribution is 0.483. The summed E-state index contributed by atoms with van der Waals surface area (Å²) in [5, 5.41) is 11.7. The second-order valence-corrected chi connectivity index (χ2v) is 7.49. The number of thiophene rings is 1. The van der Waals surface area contributed by atoms with Crippen molar-refractivity contribution in [1.29, 1.82) is 0 Å². The van der Waals surface area contributed by atoms with Gasteiger partial charge in [-0.2, -0.15) is 0 Å². The van der Waals surface area contributed by atoms with Crippen LogP contribution in [0.5, 0.6) is 5.75 Å². The minimum absolute atomic E-state index is 0.210. The number of fused-ring (bicyclic) bond motifs is 2. The Labute approximate surface area is 169 Å². The van der Waals surface area contributed by atoms with Gasteiger partial charge in [0.05, 0.1) is 27.0 Å². The molecule has 0 aliphatic rings. The Kier molecular flexibility index (Phi) is 4.18. The number of benzene rings is 3. The predicted octanol–water partition coefficient (Wildman–Crippen LogP) is 5.53. The van der Waals surface area contributed by atoms with Crippen LogP contribution in [0.25, 0.3) is 32.4 Å². The van der Waals surface area contributed by atoms with Gasteiger partial charge in [-0.1, -0.05) is 36.4 Å². The second kappa shape index (κ2) is 7.00. The average molecular weight is 398 g/mol. The number of hydrogen-bond acceptors (Lipinski definition) is 6. The van der Waals surface area contributed by atoms with Gasteiger partial charge in [-0.3, -0.25) is 4.99 Å². The third kappa shape index (κ3) is 3.09. The molecule has 0 atom stereocenters. The molecule has 5 nitrogen and oxygen atoms in total. The Hall–Kier alpha value is -3.77. The van der Waals surface area contributed by atoms with Gasteiger partial charge in [0.25, 0.3) is 0 Å². The Balaban J connectivity index is 1.60. The molecule has 0 aliphatic carbocycles. The molecule has 6 heteroatoms. The van der Waals surface area contributed by atoms with Crippen LogP contribution in [0.1, 0.15) is 4.88 Å². The van der Waals surface area contributed by atoms with Crippen LogP contribution in [0.2, 0.25) is 0 Å². The summed E-state index contributed by atoms with van der Waals surface area (Å²) in [5.41, 5.74) is 1.33. The normalized spacial score (nSPS) is 11.6. The van der Waals surface area contributed by atoms with E-state index in [0.29, 0.717) is 27.0 Å². The summed E-state index contributed by atoms with van der Waals surface area (Å²) in [7, 11) is 0. The number of aromatic hydroxyl groups is 1. The van der Waals surface area contributed by atoms with Crippen LogP contribution in [0.3, 0.4) is 0 Å². The second-order valence-electron chi connectivity index (χ2n) is 6.41. The van der Waals surface area contributed by atoms with Crippen molar-refractivity contribution in [3.05, 3.63) is 88.1 Å². The van der Waals surface area contributed by atoms with Crippen molar-refractivity contribution in [2.45, 2.75) is 0 Å². The van der Waals surface area contributed by atoms with E-state index in [1.807, 2.05) is 48.5 Å². The minimum atomic E-state index is -0.438. The van der Waals surface area contributed by atoms with E-state index in [9.17, 15) is 9.90 Å². The monoisotopic (exact) mass is 398 g/mol. The SMILES string of the molecule is O=c1oc(-c2ccccc2N=Cc2sc3ccccc3c2O)nc2ccccc12. The first kappa shape index (κ1) is 17.3. The molecule has 0 saturated carbocycles. The number of nitrogens with zero attached hydrogens (tertiary/aromatic N) is 2. The zero-order chi connectivity index (χ0) is 19.8. The topological polar surface area (TPSA) is 75.7 Å². The van der Waals surface area contributed by atoms with Crippen molar-refractivity contribution >= 4 is 44.2 Å². The molecule has 5 rings (SSSR count). The standard InChI is InChI=1S/C23H14N2O3S/c26-21-16-9-3-6-12-19(16)29-20(21)13-24-17-10-4-1-7-14(17)22-25-18-11-5-2-8-15(18)23(27)28-22/h1-13,26H. The molecule has 0 radical (unpaired) electrons. The van der Waals surface area contributed by atoms with Gasteiger partial charge in [-0.25, -0.2) is 9.78 Å². The fourth-order valence-electron chi connectivity index (χ4n) is 3.17. The van der Waals surface area contributed by atoms with E-state index in [0.717, 1.165) is 10.1 Å². The summed E-state index contributed by atoms with van der Waals surface area (Å²) < 4.78 is 6.44. The first-order valence-corrected chi connectivity index (χ1v) is 9.76. The van der Waals surface area contributed by atoms with Gasteiger partial charge < -0.3 is 9.52 Å². The fourth-order valence-corrected chi connectivity index (χ4v) is 4.14. The van der Waals surface area contributed by atoms with Crippen molar-refractivity contribution in [3.8, 4) is 17.2 Å². The van der Waals surface area contributed by atoms with E-state index < -0.39 is 5.63 Å². The number of para-hydroxylation sites is 2. The summed E-state index contributed by atoms with van der Waals surface area (Å²) >= 11 is 1.46. The number of rotatable bonds is 3. The molecule has 29 heavy (non-hydrogen) atoms.